The van der Waals surface area contributed by atoms with Gasteiger partial charge >= 0.3 is 6.09 Å². The number of hydrogen-bond acceptors (Lipinski definition) is 5. The van der Waals surface area contributed by atoms with Crippen LogP contribution in [0.3, 0.4) is 0 Å². The van der Waals surface area contributed by atoms with Crippen molar-refractivity contribution in [3.63, 3.8) is 0 Å². The number of nitrogens with two attached hydrogens (primary N) is 1. The molecule has 1 unspecified atom stereocenters. The minimum Gasteiger partial charge on any atom is -0.447 e. The van der Waals surface area contributed by atoms with Crippen LogP contribution >= 0.6 is 0 Å². The molecule has 1 fully saturated rings. The van der Waals surface area contributed by atoms with E-state index >= 15 is 0 Å². The third kappa shape index (κ3) is 4.47. The fraction of sp³-hybridized carbons (Fsp3) is 0.250. The number of hydrogen-bond donors (Lipinski definition) is 3. The zero-order valence-corrected chi connectivity index (χ0v) is 15.5. The smallest absolute Gasteiger partial charge is 0.414 e. The van der Waals surface area contributed by atoms with Gasteiger partial charge in [-0.25, -0.2) is 4.79 Å². The molecule has 0 spiro atoms. The number of cyclic esters (lactones) is 1. The number of nitrogens with one attached hydrogen (secondary N) is 2. The molecule has 0 aliphatic carbocycles. The Labute approximate surface area is 162 Å². The molecule has 1 aliphatic rings. The highest BCUT2D eigenvalue weighted by atomic mass is 16.6. The van der Waals surface area contributed by atoms with Gasteiger partial charge in [-0.15, -0.1) is 0 Å². The molecule has 4 N–H and O–H groups in total. The van der Waals surface area contributed by atoms with Crippen molar-refractivity contribution in [3.05, 3.63) is 59.7 Å². The van der Waals surface area contributed by atoms with Crippen molar-refractivity contribution in [2.24, 2.45) is 5.73 Å². The highest BCUT2D eigenvalue weighted by Crippen LogP contribution is 2.23. The number of rotatable bonds is 7. The van der Waals surface area contributed by atoms with E-state index in [1.165, 1.54) is 0 Å². The van der Waals surface area contributed by atoms with E-state index in [1.807, 2.05) is 31.2 Å². The number of anilines is 2. The summed E-state index contributed by atoms with van der Waals surface area (Å²) >= 11 is 0. The average molecular weight is 382 g/mol. The average Bonchev–Trinajstić information content (AvgIpc) is 3.12. The zero-order valence-electron chi connectivity index (χ0n) is 15.5. The number of benzene rings is 2. The van der Waals surface area contributed by atoms with E-state index in [0.29, 0.717) is 18.8 Å². The van der Waals surface area contributed by atoms with Gasteiger partial charge in [-0.1, -0.05) is 24.3 Å². The maximum atomic E-state index is 12.2. The predicted octanol–water partition coefficient (Wildman–Crippen LogP) is 2.03. The van der Waals surface area contributed by atoms with Gasteiger partial charge in [0.25, 0.3) is 5.91 Å². The number of nitrogens with zero attached hydrogens (tertiary/aromatic N) is 1. The van der Waals surface area contributed by atoms with E-state index in [0.717, 1.165) is 11.3 Å². The molecular weight excluding hydrogens is 360 g/mol. The lowest BCUT2D eigenvalue weighted by atomic mass is 10.1. The Morgan fingerprint density at radius 1 is 1.21 bits per heavy atom. The summed E-state index contributed by atoms with van der Waals surface area (Å²) in [5.41, 5.74) is 7.65. The second-order valence-corrected chi connectivity index (χ2v) is 6.42. The number of ether oxygens (including phenoxy) is 1. The van der Waals surface area contributed by atoms with E-state index in [4.69, 9.17) is 10.5 Å². The molecule has 2 aromatic carbocycles. The summed E-state index contributed by atoms with van der Waals surface area (Å²) in [4.78, 5) is 37.0. The molecule has 146 valence electrons. The second kappa shape index (κ2) is 8.53. The molecule has 1 saturated heterocycles. The summed E-state index contributed by atoms with van der Waals surface area (Å²) in [6, 6.07) is 14.0. The van der Waals surface area contributed by atoms with Gasteiger partial charge in [-0.2, -0.15) is 0 Å². The van der Waals surface area contributed by atoms with Crippen LogP contribution in [-0.2, 0) is 9.53 Å². The Morgan fingerprint density at radius 2 is 2.00 bits per heavy atom. The maximum Gasteiger partial charge on any atom is 0.414 e. The summed E-state index contributed by atoms with van der Waals surface area (Å²) < 4.78 is 4.97. The first-order valence-electron chi connectivity index (χ1n) is 8.92. The Morgan fingerprint density at radius 3 is 2.71 bits per heavy atom. The van der Waals surface area contributed by atoms with Crippen LogP contribution in [0, 0.1) is 0 Å². The maximum absolute atomic E-state index is 12.2. The van der Waals surface area contributed by atoms with Crippen LogP contribution in [0.15, 0.2) is 48.5 Å². The van der Waals surface area contributed by atoms with Gasteiger partial charge in [0.2, 0.25) is 5.91 Å². The second-order valence-electron chi connectivity index (χ2n) is 6.42. The molecule has 0 aromatic heterocycles. The summed E-state index contributed by atoms with van der Waals surface area (Å²) in [5, 5.41) is 5.82. The molecular formula is C20H22N4O4. The number of carbonyl (C=O) groups excluding carboxylic acids is 3. The highest BCUT2D eigenvalue weighted by molar-refractivity contribution is 6.03. The summed E-state index contributed by atoms with van der Waals surface area (Å²) in [5.74, 6) is -0.894. The van der Waals surface area contributed by atoms with Gasteiger partial charge in [0.1, 0.15) is 6.61 Å². The summed E-state index contributed by atoms with van der Waals surface area (Å²) in [6.45, 7) is 2.87. The van der Waals surface area contributed by atoms with E-state index in [-0.39, 0.29) is 30.2 Å². The molecule has 3 rings (SSSR count). The first-order chi connectivity index (χ1) is 13.5. The van der Waals surface area contributed by atoms with E-state index in [2.05, 4.69) is 10.6 Å². The Hall–Kier alpha value is -3.39. The van der Waals surface area contributed by atoms with Crippen LogP contribution in [0.2, 0.25) is 0 Å². The normalized spacial score (nSPS) is 14.5. The monoisotopic (exact) mass is 382 g/mol. The SMILES string of the molecule is CC(NCC(=O)Nc1ccccc1C(N)=O)c1cccc(N2CCOC2=O)c1. The fourth-order valence-electron chi connectivity index (χ4n) is 2.96. The van der Waals surface area contributed by atoms with Crippen LogP contribution in [-0.4, -0.2) is 37.6 Å². The van der Waals surface area contributed by atoms with Crippen LogP contribution in [0.1, 0.15) is 28.9 Å². The Bertz CT molecular complexity index is 899. The molecule has 8 heteroatoms. The van der Waals surface area contributed by atoms with Crippen LogP contribution in [0.25, 0.3) is 0 Å². The van der Waals surface area contributed by atoms with Crippen molar-refractivity contribution in [1.82, 2.24) is 5.32 Å². The van der Waals surface area contributed by atoms with Gasteiger partial charge in [0.15, 0.2) is 0 Å². The molecule has 28 heavy (non-hydrogen) atoms. The summed E-state index contributed by atoms with van der Waals surface area (Å²) in [6.07, 6.45) is -0.356. The first-order valence-corrected chi connectivity index (χ1v) is 8.92. The molecule has 0 saturated carbocycles. The molecule has 8 nitrogen and oxygen atoms in total. The third-order valence-electron chi connectivity index (χ3n) is 4.48. The standard InChI is InChI=1S/C20H22N4O4/c1-13(14-5-4-6-15(11-14)24-9-10-28-20(24)27)22-12-18(25)23-17-8-3-2-7-16(17)19(21)26/h2-8,11,13,22H,9-10,12H2,1H3,(H2,21,26)(H,23,25). The molecule has 0 radical (unpaired) electrons. The van der Waals surface area contributed by atoms with E-state index in [1.54, 1.807) is 29.2 Å². The molecule has 1 heterocycles. The number of carbonyl (C=O) groups is 3. The van der Waals surface area contributed by atoms with Gasteiger partial charge in [-0.05, 0) is 36.8 Å². The first kappa shape index (κ1) is 19.4. The lowest BCUT2D eigenvalue weighted by molar-refractivity contribution is -0.115. The predicted molar refractivity (Wildman–Crippen MR) is 105 cm³/mol. The quantitative estimate of drug-likeness (QED) is 0.678. The van der Waals surface area contributed by atoms with E-state index in [9.17, 15) is 14.4 Å². The topological polar surface area (TPSA) is 114 Å². The van der Waals surface area contributed by atoms with Gasteiger partial charge in [0, 0.05) is 11.7 Å². The molecule has 2 aromatic rings. The lowest BCUT2D eigenvalue weighted by Crippen LogP contribution is -2.31. The van der Waals surface area contributed by atoms with Gasteiger partial charge in [-0.3, -0.25) is 14.5 Å². The Balaban J connectivity index is 1.60. The van der Waals surface area contributed by atoms with Crippen LogP contribution in [0.4, 0.5) is 16.2 Å². The third-order valence-corrected chi connectivity index (χ3v) is 4.48. The zero-order chi connectivity index (χ0) is 20.1. The summed E-state index contributed by atoms with van der Waals surface area (Å²) in [7, 11) is 0. The van der Waals surface area contributed by atoms with Crippen LogP contribution < -0.4 is 21.3 Å². The van der Waals surface area contributed by atoms with Crippen LogP contribution in [0.5, 0.6) is 0 Å². The van der Waals surface area contributed by atoms with Gasteiger partial charge < -0.3 is 21.1 Å². The molecule has 3 amide bonds. The van der Waals surface area contributed by atoms with Crippen molar-refractivity contribution in [1.29, 1.82) is 0 Å². The largest absolute Gasteiger partial charge is 0.447 e. The highest BCUT2D eigenvalue weighted by Gasteiger charge is 2.24. The molecule has 1 atom stereocenters. The Kier molecular flexibility index (Phi) is 5.90. The minimum absolute atomic E-state index is 0.0459. The molecule has 1 aliphatic heterocycles. The van der Waals surface area contributed by atoms with Crippen molar-refractivity contribution in [3.8, 4) is 0 Å². The van der Waals surface area contributed by atoms with Crippen molar-refractivity contribution in [2.45, 2.75) is 13.0 Å². The van der Waals surface area contributed by atoms with E-state index < -0.39 is 5.91 Å². The molecule has 0 bridgehead atoms. The van der Waals surface area contributed by atoms with Gasteiger partial charge in [0.05, 0.1) is 24.3 Å². The number of para-hydroxylation sites is 1. The minimum atomic E-state index is -0.602. The number of amides is 3. The lowest BCUT2D eigenvalue weighted by Gasteiger charge is -2.18. The van der Waals surface area contributed by atoms with Crippen molar-refractivity contribution >= 4 is 29.3 Å². The fourth-order valence-corrected chi connectivity index (χ4v) is 2.96. The van der Waals surface area contributed by atoms with Crippen molar-refractivity contribution in [2.75, 3.05) is 29.9 Å². The van der Waals surface area contributed by atoms with Crippen molar-refractivity contribution < 1.29 is 19.1 Å². The number of primary amides is 1.